The molecule has 0 amide bonds. The zero-order valence-electron chi connectivity index (χ0n) is 12.0. The van der Waals surface area contributed by atoms with Gasteiger partial charge in [-0.25, -0.2) is 0 Å². The van der Waals surface area contributed by atoms with Crippen molar-refractivity contribution in [1.29, 1.82) is 0 Å². The lowest BCUT2D eigenvalue weighted by molar-refractivity contribution is -0.142. The lowest BCUT2D eigenvalue weighted by Crippen LogP contribution is -2.44. The van der Waals surface area contributed by atoms with E-state index in [1.807, 2.05) is 24.3 Å². The minimum Gasteiger partial charge on any atom is -0.481 e. The SMILES string of the molecule is CC(CN(Cc1ccccc1Cl)C(C)(C)C)C(=O)O. The molecule has 0 aromatic heterocycles. The van der Waals surface area contributed by atoms with Gasteiger partial charge in [-0.3, -0.25) is 9.69 Å². The first kappa shape index (κ1) is 16.0. The molecule has 3 nitrogen and oxygen atoms in total. The van der Waals surface area contributed by atoms with E-state index in [1.54, 1.807) is 6.92 Å². The molecule has 0 aliphatic rings. The van der Waals surface area contributed by atoms with Crippen LogP contribution in [0.25, 0.3) is 0 Å². The van der Waals surface area contributed by atoms with Crippen LogP contribution in [0.15, 0.2) is 24.3 Å². The first-order valence-electron chi connectivity index (χ1n) is 6.43. The van der Waals surface area contributed by atoms with E-state index >= 15 is 0 Å². The van der Waals surface area contributed by atoms with Crippen molar-refractivity contribution in [2.45, 2.75) is 39.8 Å². The maximum atomic E-state index is 11.0. The number of rotatable bonds is 5. The molecule has 0 saturated heterocycles. The van der Waals surface area contributed by atoms with E-state index in [-0.39, 0.29) is 5.54 Å². The van der Waals surface area contributed by atoms with Crippen LogP contribution in [-0.4, -0.2) is 28.1 Å². The number of aliphatic carboxylic acids is 1. The minimum absolute atomic E-state index is 0.108. The van der Waals surface area contributed by atoms with Gasteiger partial charge in [0.25, 0.3) is 0 Å². The van der Waals surface area contributed by atoms with Crippen molar-refractivity contribution in [2.24, 2.45) is 5.92 Å². The van der Waals surface area contributed by atoms with Crippen molar-refractivity contribution < 1.29 is 9.90 Å². The molecule has 0 saturated carbocycles. The summed E-state index contributed by atoms with van der Waals surface area (Å²) in [4.78, 5) is 13.2. The van der Waals surface area contributed by atoms with Crippen molar-refractivity contribution in [3.63, 3.8) is 0 Å². The Morgan fingerprint density at radius 3 is 2.42 bits per heavy atom. The Balaban J connectivity index is 2.88. The fraction of sp³-hybridized carbons (Fsp3) is 0.533. The molecule has 0 aliphatic heterocycles. The van der Waals surface area contributed by atoms with Crippen molar-refractivity contribution in [1.82, 2.24) is 4.90 Å². The molecule has 106 valence electrons. The molecule has 0 radical (unpaired) electrons. The zero-order valence-corrected chi connectivity index (χ0v) is 12.7. The molecule has 0 aliphatic carbocycles. The number of halogens is 1. The summed E-state index contributed by atoms with van der Waals surface area (Å²) in [7, 11) is 0. The van der Waals surface area contributed by atoms with E-state index in [2.05, 4.69) is 25.7 Å². The van der Waals surface area contributed by atoms with Crippen LogP contribution < -0.4 is 0 Å². The lowest BCUT2D eigenvalue weighted by Gasteiger charge is -2.37. The highest BCUT2D eigenvalue weighted by Crippen LogP contribution is 2.23. The molecular formula is C15H22ClNO2. The quantitative estimate of drug-likeness (QED) is 0.896. The number of hydrogen-bond donors (Lipinski definition) is 1. The standard InChI is InChI=1S/C15H22ClNO2/c1-11(14(18)19)9-17(15(2,3)4)10-12-7-5-6-8-13(12)16/h5-8,11H,9-10H2,1-4H3,(H,18,19). The monoisotopic (exact) mass is 283 g/mol. The molecule has 1 aromatic carbocycles. The van der Waals surface area contributed by atoms with Crippen LogP contribution in [0.3, 0.4) is 0 Å². The normalized spacial score (nSPS) is 13.6. The predicted octanol–water partition coefficient (Wildman–Crippen LogP) is 3.66. The zero-order chi connectivity index (χ0) is 14.6. The molecule has 0 fully saturated rings. The minimum atomic E-state index is -0.770. The first-order chi connectivity index (χ1) is 8.71. The second kappa shape index (κ2) is 6.40. The second-order valence-electron chi connectivity index (χ2n) is 5.88. The first-order valence-corrected chi connectivity index (χ1v) is 6.81. The number of carboxylic acid groups (broad SMARTS) is 1. The molecule has 1 N–H and O–H groups in total. The summed E-state index contributed by atoms with van der Waals surface area (Å²) in [6.07, 6.45) is 0. The van der Waals surface area contributed by atoms with Gasteiger partial charge in [0.1, 0.15) is 0 Å². The van der Waals surface area contributed by atoms with E-state index < -0.39 is 11.9 Å². The lowest BCUT2D eigenvalue weighted by atomic mass is 10.0. The van der Waals surface area contributed by atoms with Gasteiger partial charge in [-0.1, -0.05) is 36.7 Å². The fourth-order valence-corrected chi connectivity index (χ4v) is 2.01. The average Bonchev–Trinajstić information content (AvgIpc) is 2.29. The molecule has 4 heteroatoms. The highest BCUT2D eigenvalue weighted by Gasteiger charge is 2.26. The van der Waals surface area contributed by atoms with Crippen LogP contribution in [0.5, 0.6) is 0 Å². The van der Waals surface area contributed by atoms with Crippen LogP contribution in [-0.2, 0) is 11.3 Å². The molecule has 19 heavy (non-hydrogen) atoms. The van der Waals surface area contributed by atoms with E-state index in [0.717, 1.165) is 10.6 Å². The van der Waals surface area contributed by atoms with E-state index in [4.69, 9.17) is 16.7 Å². The van der Waals surface area contributed by atoms with Crippen LogP contribution in [0.4, 0.5) is 0 Å². The largest absolute Gasteiger partial charge is 0.481 e. The summed E-state index contributed by atoms with van der Waals surface area (Å²) in [5.41, 5.74) is 0.916. The van der Waals surface area contributed by atoms with Crippen molar-refractivity contribution in [2.75, 3.05) is 6.54 Å². The highest BCUT2D eigenvalue weighted by atomic mass is 35.5. The third-order valence-electron chi connectivity index (χ3n) is 3.18. The van der Waals surface area contributed by atoms with Crippen LogP contribution in [0.1, 0.15) is 33.3 Å². The fourth-order valence-electron chi connectivity index (χ4n) is 1.82. The third kappa shape index (κ3) is 4.84. The Morgan fingerprint density at radius 2 is 1.95 bits per heavy atom. The molecule has 1 rings (SSSR count). The van der Waals surface area contributed by atoms with Gasteiger partial charge < -0.3 is 5.11 Å². The van der Waals surface area contributed by atoms with Gasteiger partial charge in [0, 0.05) is 23.7 Å². The number of carbonyl (C=O) groups is 1. The van der Waals surface area contributed by atoms with Crippen molar-refractivity contribution in [3.05, 3.63) is 34.9 Å². The Kier molecular flexibility index (Phi) is 5.39. The van der Waals surface area contributed by atoms with Gasteiger partial charge in [-0.05, 0) is 32.4 Å². The van der Waals surface area contributed by atoms with Gasteiger partial charge in [0.15, 0.2) is 0 Å². The molecule has 0 spiro atoms. The van der Waals surface area contributed by atoms with Gasteiger partial charge in [0.2, 0.25) is 0 Å². The summed E-state index contributed by atoms with van der Waals surface area (Å²) < 4.78 is 0. The average molecular weight is 284 g/mol. The van der Waals surface area contributed by atoms with Crippen molar-refractivity contribution >= 4 is 17.6 Å². The Morgan fingerprint density at radius 1 is 1.37 bits per heavy atom. The summed E-state index contributed by atoms with van der Waals surface area (Å²) in [5.74, 6) is -1.17. The van der Waals surface area contributed by atoms with Gasteiger partial charge in [-0.15, -0.1) is 0 Å². The number of hydrogen-bond acceptors (Lipinski definition) is 2. The summed E-state index contributed by atoms with van der Waals surface area (Å²) in [5, 5.41) is 9.79. The Hall–Kier alpha value is -1.06. The number of nitrogens with zero attached hydrogens (tertiary/aromatic N) is 1. The Bertz CT molecular complexity index is 440. The van der Waals surface area contributed by atoms with Gasteiger partial charge in [-0.2, -0.15) is 0 Å². The van der Waals surface area contributed by atoms with Gasteiger partial charge in [0.05, 0.1) is 5.92 Å². The van der Waals surface area contributed by atoms with E-state index in [1.165, 1.54) is 0 Å². The smallest absolute Gasteiger partial charge is 0.307 e. The predicted molar refractivity (Wildman–Crippen MR) is 78.4 cm³/mol. The maximum Gasteiger partial charge on any atom is 0.307 e. The molecule has 0 heterocycles. The summed E-state index contributed by atoms with van der Waals surface area (Å²) in [6.45, 7) is 9.13. The number of benzene rings is 1. The topological polar surface area (TPSA) is 40.5 Å². The van der Waals surface area contributed by atoms with Crippen LogP contribution in [0, 0.1) is 5.92 Å². The van der Waals surface area contributed by atoms with Crippen LogP contribution >= 0.6 is 11.6 Å². The molecule has 1 atom stereocenters. The molecular weight excluding hydrogens is 262 g/mol. The van der Waals surface area contributed by atoms with Crippen molar-refractivity contribution in [3.8, 4) is 0 Å². The molecule has 1 unspecified atom stereocenters. The van der Waals surface area contributed by atoms with E-state index in [0.29, 0.717) is 13.1 Å². The molecule has 1 aromatic rings. The highest BCUT2D eigenvalue weighted by molar-refractivity contribution is 6.31. The summed E-state index contributed by atoms with van der Waals surface area (Å²) in [6, 6.07) is 7.68. The Labute approximate surface area is 120 Å². The second-order valence-corrected chi connectivity index (χ2v) is 6.29. The number of carboxylic acids is 1. The van der Waals surface area contributed by atoms with E-state index in [9.17, 15) is 4.79 Å². The summed E-state index contributed by atoms with van der Waals surface area (Å²) >= 11 is 6.17. The molecule has 0 bridgehead atoms. The van der Waals surface area contributed by atoms with Crippen LogP contribution in [0.2, 0.25) is 5.02 Å². The third-order valence-corrected chi connectivity index (χ3v) is 3.55. The van der Waals surface area contributed by atoms with Gasteiger partial charge >= 0.3 is 5.97 Å². The maximum absolute atomic E-state index is 11.0.